The van der Waals surface area contributed by atoms with Gasteiger partial charge in [0.15, 0.2) is 5.82 Å². The molecule has 0 unspecified atom stereocenters. The Balaban J connectivity index is 1.35. The molecule has 1 aliphatic rings. The maximum Gasteiger partial charge on any atom is 0.261 e. The summed E-state index contributed by atoms with van der Waals surface area (Å²) in [4.78, 5) is 29.5. The summed E-state index contributed by atoms with van der Waals surface area (Å²) in [5, 5.41) is 17.0. The van der Waals surface area contributed by atoms with Crippen LogP contribution in [0.4, 0.5) is 0 Å². The van der Waals surface area contributed by atoms with E-state index in [1.54, 1.807) is 39.4 Å². The molecule has 10 nitrogen and oxygen atoms in total. The third-order valence-corrected chi connectivity index (χ3v) is 8.99. The third-order valence-electron chi connectivity index (χ3n) is 7.76. The number of amides is 1. The van der Waals surface area contributed by atoms with E-state index in [9.17, 15) is 9.59 Å². The van der Waals surface area contributed by atoms with Crippen LogP contribution in [0.25, 0.3) is 22.7 Å². The Kier molecular flexibility index (Phi) is 6.91. The lowest BCUT2D eigenvalue weighted by Gasteiger charge is -2.30. The topological polar surface area (TPSA) is 103 Å². The second kappa shape index (κ2) is 10.9. The molecule has 12 heteroatoms. The molecule has 0 atom stereocenters. The van der Waals surface area contributed by atoms with Crippen molar-refractivity contribution in [2.24, 2.45) is 7.05 Å². The fraction of sp³-hybridized carbons (Fsp3) is 0.161. The standard InChI is InChI=1S/C31H24BrClN8O2/c1-38-28(35-36-37-38)20-7-10-23(11-8-20)40-29-22(15-19-5-3-2-4-6-19)17-34-41(29)27-18-39(14-13-24(27)31(40)43)30(42)21-9-12-25(32)26(33)16-21/h2-12,16-17H,13-15,18H2,1H3. The first-order valence-corrected chi connectivity index (χ1v) is 14.8. The Morgan fingerprint density at radius 3 is 2.56 bits per heavy atom. The monoisotopic (exact) mass is 654 g/mol. The molecule has 3 aromatic heterocycles. The number of hydrogen-bond acceptors (Lipinski definition) is 6. The van der Waals surface area contributed by atoms with E-state index in [0.29, 0.717) is 58.4 Å². The molecule has 1 aliphatic heterocycles. The zero-order chi connectivity index (χ0) is 29.7. The number of nitrogens with zero attached hydrogens (tertiary/aromatic N) is 8. The third kappa shape index (κ3) is 4.84. The second-order valence-corrected chi connectivity index (χ2v) is 11.7. The number of aryl methyl sites for hydroxylation is 1. The van der Waals surface area contributed by atoms with E-state index in [1.807, 2.05) is 53.2 Å². The number of benzene rings is 3. The molecule has 0 bridgehead atoms. The van der Waals surface area contributed by atoms with Crippen molar-refractivity contribution in [2.75, 3.05) is 6.54 Å². The molecular formula is C31H24BrClN8O2. The van der Waals surface area contributed by atoms with Gasteiger partial charge in [0, 0.05) is 46.7 Å². The zero-order valence-electron chi connectivity index (χ0n) is 23.0. The molecule has 4 heterocycles. The van der Waals surface area contributed by atoms with Gasteiger partial charge < -0.3 is 4.90 Å². The number of fused-ring (bicyclic) bond motifs is 3. The van der Waals surface area contributed by atoms with Crippen LogP contribution in [0.3, 0.4) is 0 Å². The lowest BCUT2D eigenvalue weighted by molar-refractivity contribution is 0.0729. The molecule has 3 aromatic carbocycles. The van der Waals surface area contributed by atoms with Gasteiger partial charge >= 0.3 is 0 Å². The number of halogens is 2. The first-order chi connectivity index (χ1) is 20.9. The van der Waals surface area contributed by atoms with Gasteiger partial charge in [-0.3, -0.25) is 14.2 Å². The fourth-order valence-electron chi connectivity index (χ4n) is 5.61. The molecule has 0 saturated heterocycles. The van der Waals surface area contributed by atoms with Crippen molar-refractivity contribution in [3.8, 4) is 17.1 Å². The number of hydrogen-bond donors (Lipinski definition) is 0. The van der Waals surface area contributed by atoms with Crippen molar-refractivity contribution in [1.29, 1.82) is 0 Å². The van der Waals surface area contributed by atoms with Crippen LogP contribution < -0.4 is 5.56 Å². The van der Waals surface area contributed by atoms with Crippen molar-refractivity contribution < 1.29 is 4.79 Å². The Labute approximate surface area is 259 Å². The van der Waals surface area contributed by atoms with Crippen molar-refractivity contribution in [3.05, 3.63) is 127 Å². The van der Waals surface area contributed by atoms with Crippen LogP contribution >= 0.6 is 27.5 Å². The minimum absolute atomic E-state index is 0.121. The van der Waals surface area contributed by atoms with Gasteiger partial charge in [0.2, 0.25) is 0 Å². The summed E-state index contributed by atoms with van der Waals surface area (Å²) in [6.07, 6.45) is 2.80. The normalized spacial score (nSPS) is 13.0. The van der Waals surface area contributed by atoms with Crippen LogP contribution in [-0.2, 0) is 26.4 Å². The molecule has 1 amide bonds. The molecule has 214 valence electrons. The van der Waals surface area contributed by atoms with Crippen LogP contribution in [0.1, 0.15) is 32.7 Å². The van der Waals surface area contributed by atoms with E-state index in [0.717, 1.165) is 21.2 Å². The maximum atomic E-state index is 14.3. The maximum absolute atomic E-state index is 14.3. The van der Waals surface area contributed by atoms with E-state index in [-0.39, 0.29) is 18.0 Å². The average molecular weight is 656 g/mol. The minimum atomic E-state index is -0.150. The summed E-state index contributed by atoms with van der Waals surface area (Å²) in [5.74, 6) is 0.475. The Morgan fingerprint density at radius 1 is 1.05 bits per heavy atom. The van der Waals surface area contributed by atoms with Gasteiger partial charge in [0.05, 0.1) is 29.1 Å². The molecule has 43 heavy (non-hydrogen) atoms. The summed E-state index contributed by atoms with van der Waals surface area (Å²) < 4.78 is 5.88. The van der Waals surface area contributed by atoms with Crippen LogP contribution in [-0.4, -0.2) is 51.7 Å². The number of rotatable bonds is 5. The summed E-state index contributed by atoms with van der Waals surface area (Å²) in [6.45, 7) is 0.648. The highest BCUT2D eigenvalue weighted by atomic mass is 79.9. The molecule has 0 saturated carbocycles. The average Bonchev–Trinajstić information content (AvgIpc) is 3.65. The van der Waals surface area contributed by atoms with Crippen LogP contribution in [0.5, 0.6) is 0 Å². The van der Waals surface area contributed by atoms with Gasteiger partial charge in [-0.15, -0.1) is 5.10 Å². The summed E-state index contributed by atoms with van der Waals surface area (Å²) in [7, 11) is 1.78. The molecular weight excluding hydrogens is 632 g/mol. The highest BCUT2D eigenvalue weighted by molar-refractivity contribution is 9.10. The Bertz CT molecular complexity index is 2070. The number of carbonyl (C=O) groups excluding carboxylic acids is 1. The van der Waals surface area contributed by atoms with Gasteiger partial charge in [0.1, 0.15) is 5.65 Å². The first-order valence-electron chi connectivity index (χ1n) is 13.6. The number of tetrazole rings is 1. The molecule has 0 radical (unpaired) electrons. The van der Waals surface area contributed by atoms with Gasteiger partial charge in [-0.05, 0) is 80.8 Å². The van der Waals surface area contributed by atoms with Crippen LogP contribution in [0, 0.1) is 0 Å². The van der Waals surface area contributed by atoms with E-state index in [1.165, 1.54) is 0 Å². The number of aromatic nitrogens is 7. The minimum Gasteiger partial charge on any atom is -0.332 e. The molecule has 0 aliphatic carbocycles. The summed E-state index contributed by atoms with van der Waals surface area (Å²) in [5.41, 5.74) is 5.92. The van der Waals surface area contributed by atoms with Crippen molar-refractivity contribution in [2.45, 2.75) is 19.4 Å². The molecule has 6 aromatic rings. The lowest BCUT2D eigenvalue weighted by Crippen LogP contribution is -2.41. The second-order valence-electron chi connectivity index (χ2n) is 10.4. The molecule has 7 rings (SSSR count). The van der Waals surface area contributed by atoms with E-state index in [2.05, 4.69) is 43.6 Å². The molecule has 0 spiro atoms. The quantitative estimate of drug-likeness (QED) is 0.262. The highest BCUT2D eigenvalue weighted by Crippen LogP contribution is 2.28. The Morgan fingerprint density at radius 2 is 1.84 bits per heavy atom. The van der Waals surface area contributed by atoms with E-state index in [4.69, 9.17) is 16.7 Å². The largest absolute Gasteiger partial charge is 0.332 e. The van der Waals surface area contributed by atoms with Crippen molar-refractivity contribution in [1.82, 2.24) is 39.3 Å². The predicted molar refractivity (Wildman–Crippen MR) is 165 cm³/mol. The van der Waals surface area contributed by atoms with Crippen molar-refractivity contribution >= 4 is 39.1 Å². The zero-order valence-corrected chi connectivity index (χ0v) is 25.3. The fourth-order valence-corrected chi connectivity index (χ4v) is 6.04. The van der Waals surface area contributed by atoms with Gasteiger partial charge in [0.25, 0.3) is 11.5 Å². The molecule has 0 fully saturated rings. The first kappa shape index (κ1) is 27.2. The Hall–Kier alpha value is -4.61. The smallest absolute Gasteiger partial charge is 0.261 e. The van der Waals surface area contributed by atoms with E-state index >= 15 is 0 Å². The summed E-state index contributed by atoms with van der Waals surface area (Å²) in [6, 6.07) is 22.8. The lowest BCUT2D eigenvalue weighted by atomic mass is 10.0. The SMILES string of the molecule is Cn1nnnc1-c1ccc(-n2c(=O)c3c(n4ncc(Cc5ccccc5)c24)CN(C(=O)c2ccc(Br)c(Cl)c2)CC3)cc1. The van der Waals surface area contributed by atoms with Crippen LogP contribution in [0.15, 0.2) is 88.3 Å². The predicted octanol–water partition coefficient (Wildman–Crippen LogP) is 4.88. The summed E-state index contributed by atoms with van der Waals surface area (Å²) >= 11 is 9.67. The van der Waals surface area contributed by atoms with Gasteiger partial charge in [-0.2, -0.15) is 5.10 Å². The molecule has 0 N–H and O–H groups in total. The van der Waals surface area contributed by atoms with Gasteiger partial charge in [-0.1, -0.05) is 41.9 Å². The van der Waals surface area contributed by atoms with E-state index < -0.39 is 0 Å². The van der Waals surface area contributed by atoms with Crippen LogP contribution in [0.2, 0.25) is 5.02 Å². The van der Waals surface area contributed by atoms with Crippen molar-refractivity contribution in [3.63, 3.8) is 0 Å². The van der Waals surface area contributed by atoms with Gasteiger partial charge in [-0.25, -0.2) is 9.20 Å². The number of carbonyl (C=O) groups is 1. The highest BCUT2D eigenvalue weighted by Gasteiger charge is 2.29.